The largest absolute Gasteiger partial charge is 0.480 e. The van der Waals surface area contributed by atoms with Gasteiger partial charge in [-0.2, -0.15) is 0 Å². The van der Waals surface area contributed by atoms with Crippen molar-refractivity contribution < 1.29 is 14.7 Å². The number of carboxylic acids is 1. The van der Waals surface area contributed by atoms with Crippen LogP contribution < -0.4 is 0 Å². The number of rotatable bonds is 5. The molecule has 1 N–H and O–H groups in total. The van der Waals surface area contributed by atoms with Crippen molar-refractivity contribution in [1.82, 2.24) is 19.4 Å². The quantitative estimate of drug-likeness (QED) is 0.640. The van der Waals surface area contributed by atoms with E-state index in [-0.39, 0.29) is 5.91 Å². The molecule has 1 aromatic heterocycles. The average Bonchev–Trinajstić information content (AvgIpc) is 2.94. The molecule has 1 saturated carbocycles. The van der Waals surface area contributed by atoms with Crippen LogP contribution in [0.2, 0.25) is 0 Å². The minimum Gasteiger partial charge on any atom is -0.480 e. The minimum absolute atomic E-state index is 0.165. The molecular weight excluding hydrogens is 332 g/mol. The topological polar surface area (TPSA) is 78.7 Å². The smallest absolute Gasteiger partial charge is 0.319 e. The van der Waals surface area contributed by atoms with Crippen molar-refractivity contribution in [3.05, 3.63) is 18.2 Å². The minimum atomic E-state index is -1.20. The van der Waals surface area contributed by atoms with E-state index < -0.39 is 11.4 Å². The molecule has 1 aliphatic carbocycles. The summed E-state index contributed by atoms with van der Waals surface area (Å²) in [6, 6.07) is 0. The zero-order chi connectivity index (χ0) is 18.6. The molecule has 7 nitrogen and oxygen atoms in total. The van der Waals surface area contributed by atoms with E-state index in [9.17, 15) is 14.7 Å². The average molecular weight is 362 g/mol. The van der Waals surface area contributed by atoms with Gasteiger partial charge in [0.05, 0.1) is 6.54 Å². The van der Waals surface area contributed by atoms with Gasteiger partial charge in [-0.3, -0.25) is 14.5 Å². The fourth-order valence-electron chi connectivity index (χ4n) is 4.24. The maximum Gasteiger partial charge on any atom is 0.319 e. The number of carbonyl (C=O) groups excluding carboxylic acids is 1. The molecule has 1 aliphatic heterocycles. The third-order valence-corrected chi connectivity index (χ3v) is 5.94. The molecule has 0 spiro atoms. The number of carbonyl (C=O) groups is 2. The molecule has 144 valence electrons. The summed E-state index contributed by atoms with van der Waals surface area (Å²) < 4.78 is 2.13. The van der Waals surface area contributed by atoms with Gasteiger partial charge in [0.25, 0.3) is 0 Å². The van der Waals surface area contributed by atoms with Crippen LogP contribution in [-0.4, -0.2) is 62.5 Å². The number of carboxylic acid groups (broad SMARTS) is 1. The predicted octanol–water partition coefficient (Wildman–Crippen LogP) is 1.97. The van der Waals surface area contributed by atoms with Crippen molar-refractivity contribution in [2.24, 2.45) is 5.41 Å². The fraction of sp³-hybridized carbons (Fsp3) is 0.737. The number of amides is 1. The third-order valence-electron chi connectivity index (χ3n) is 5.94. The zero-order valence-electron chi connectivity index (χ0n) is 15.7. The van der Waals surface area contributed by atoms with Gasteiger partial charge in [0.1, 0.15) is 11.2 Å². The summed E-state index contributed by atoms with van der Waals surface area (Å²) in [6.07, 6.45) is 8.49. The summed E-state index contributed by atoms with van der Waals surface area (Å²) in [7, 11) is 0. The molecule has 1 aromatic rings. The monoisotopic (exact) mass is 362 g/mol. The number of aromatic nitrogens is 2. The molecule has 0 unspecified atom stereocenters. The maximum absolute atomic E-state index is 13.1. The number of aliphatic carboxylic acids is 1. The van der Waals surface area contributed by atoms with Gasteiger partial charge >= 0.3 is 5.97 Å². The van der Waals surface area contributed by atoms with Crippen LogP contribution >= 0.6 is 0 Å². The van der Waals surface area contributed by atoms with E-state index in [0.29, 0.717) is 25.9 Å². The molecule has 0 aromatic carbocycles. The van der Waals surface area contributed by atoms with Crippen LogP contribution in [0.5, 0.6) is 0 Å². The Labute approximate surface area is 155 Å². The SMILES string of the molecule is CCn1ccnc1CN1CCN(C(=O)C2(C(=O)O)CCCCCC2)CC1. The molecule has 1 saturated heterocycles. The Bertz CT molecular complexity index is 626. The van der Waals surface area contributed by atoms with Crippen LogP contribution in [0.15, 0.2) is 12.4 Å². The number of aryl methyl sites for hydroxylation is 1. The highest BCUT2D eigenvalue weighted by molar-refractivity contribution is 6.02. The van der Waals surface area contributed by atoms with E-state index in [1.807, 2.05) is 12.4 Å². The first kappa shape index (κ1) is 18.9. The lowest BCUT2D eigenvalue weighted by molar-refractivity contribution is -0.163. The summed E-state index contributed by atoms with van der Waals surface area (Å²) >= 11 is 0. The Morgan fingerprint density at radius 1 is 1.12 bits per heavy atom. The molecule has 1 amide bonds. The van der Waals surface area contributed by atoms with E-state index in [1.165, 1.54) is 0 Å². The molecule has 0 atom stereocenters. The summed E-state index contributed by atoms with van der Waals surface area (Å²) in [5, 5.41) is 9.83. The van der Waals surface area contributed by atoms with Crippen LogP contribution in [0.3, 0.4) is 0 Å². The highest BCUT2D eigenvalue weighted by Gasteiger charge is 2.48. The number of hydrogen-bond donors (Lipinski definition) is 1. The predicted molar refractivity (Wildman–Crippen MR) is 97.5 cm³/mol. The Hall–Kier alpha value is -1.89. The Morgan fingerprint density at radius 3 is 2.35 bits per heavy atom. The van der Waals surface area contributed by atoms with Gasteiger partial charge in [0.2, 0.25) is 5.91 Å². The highest BCUT2D eigenvalue weighted by Crippen LogP contribution is 2.37. The first-order chi connectivity index (χ1) is 12.6. The number of nitrogens with zero attached hydrogens (tertiary/aromatic N) is 4. The molecule has 0 radical (unpaired) electrons. The summed E-state index contributed by atoms with van der Waals surface area (Å²) in [5.74, 6) is -0.0588. The van der Waals surface area contributed by atoms with Crippen LogP contribution in [0.1, 0.15) is 51.3 Å². The van der Waals surface area contributed by atoms with Gasteiger partial charge < -0.3 is 14.6 Å². The lowest BCUT2D eigenvalue weighted by atomic mass is 9.79. The lowest BCUT2D eigenvalue weighted by Gasteiger charge is -2.39. The first-order valence-corrected chi connectivity index (χ1v) is 9.82. The van der Waals surface area contributed by atoms with Crippen molar-refractivity contribution in [3.8, 4) is 0 Å². The Morgan fingerprint density at radius 2 is 1.77 bits per heavy atom. The van der Waals surface area contributed by atoms with E-state index >= 15 is 0 Å². The maximum atomic E-state index is 13.1. The van der Waals surface area contributed by atoms with Gasteiger partial charge in [-0.05, 0) is 19.8 Å². The van der Waals surface area contributed by atoms with Crippen LogP contribution in [0.4, 0.5) is 0 Å². The molecule has 3 rings (SSSR count). The number of piperazine rings is 1. The van der Waals surface area contributed by atoms with Crippen molar-refractivity contribution in [1.29, 1.82) is 0 Å². The van der Waals surface area contributed by atoms with Crippen molar-refractivity contribution in [2.75, 3.05) is 26.2 Å². The summed E-state index contributed by atoms with van der Waals surface area (Å²) in [5.41, 5.74) is -1.20. The van der Waals surface area contributed by atoms with Crippen molar-refractivity contribution in [3.63, 3.8) is 0 Å². The van der Waals surface area contributed by atoms with E-state index in [1.54, 1.807) is 4.90 Å². The van der Waals surface area contributed by atoms with Gasteiger partial charge in [-0.15, -0.1) is 0 Å². The molecular formula is C19H30N4O3. The second kappa shape index (κ2) is 8.20. The molecule has 2 heterocycles. The normalized spacial score (nSPS) is 21.3. The zero-order valence-corrected chi connectivity index (χ0v) is 15.7. The standard InChI is InChI=1S/C19H30N4O3/c1-2-22-10-9-20-16(22)15-21-11-13-23(14-12-21)17(24)19(18(25)26)7-5-3-4-6-8-19/h9-10H,2-8,11-15H2,1H3,(H,25,26). The fourth-order valence-corrected chi connectivity index (χ4v) is 4.24. The van der Waals surface area contributed by atoms with Crippen LogP contribution in [-0.2, 0) is 22.7 Å². The van der Waals surface area contributed by atoms with Gasteiger partial charge in [0, 0.05) is 45.1 Å². The second-order valence-electron chi connectivity index (χ2n) is 7.50. The van der Waals surface area contributed by atoms with Gasteiger partial charge in [-0.25, -0.2) is 4.98 Å². The Balaban J connectivity index is 1.61. The molecule has 2 fully saturated rings. The molecule has 7 heteroatoms. The highest BCUT2D eigenvalue weighted by atomic mass is 16.4. The van der Waals surface area contributed by atoms with Crippen LogP contribution in [0.25, 0.3) is 0 Å². The van der Waals surface area contributed by atoms with E-state index in [0.717, 1.165) is 57.7 Å². The van der Waals surface area contributed by atoms with Crippen molar-refractivity contribution >= 4 is 11.9 Å². The molecule has 2 aliphatic rings. The van der Waals surface area contributed by atoms with Gasteiger partial charge in [-0.1, -0.05) is 25.7 Å². The molecule has 26 heavy (non-hydrogen) atoms. The Kier molecular flexibility index (Phi) is 5.96. The van der Waals surface area contributed by atoms with E-state index in [4.69, 9.17) is 0 Å². The molecule has 0 bridgehead atoms. The van der Waals surface area contributed by atoms with Crippen molar-refractivity contribution in [2.45, 2.75) is 58.5 Å². The number of hydrogen-bond acceptors (Lipinski definition) is 4. The number of imidazole rings is 1. The second-order valence-corrected chi connectivity index (χ2v) is 7.50. The summed E-state index contributed by atoms with van der Waals surface area (Å²) in [6.45, 7) is 6.49. The third kappa shape index (κ3) is 3.77. The first-order valence-electron chi connectivity index (χ1n) is 9.82. The summed E-state index contributed by atoms with van der Waals surface area (Å²) in [4.78, 5) is 33.6. The van der Waals surface area contributed by atoms with Crippen LogP contribution in [0, 0.1) is 5.41 Å². The van der Waals surface area contributed by atoms with Gasteiger partial charge in [0.15, 0.2) is 0 Å². The van der Waals surface area contributed by atoms with E-state index in [2.05, 4.69) is 21.4 Å². The lowest BCUT2D eigenvalue weighted by Crippen LogP contribution is -2.55.